The van der Waals surface area contributed by atoms with Crippen LogP contribution in [0.1, 0.15) is 26.1 Å². The molecule has 6 aromatic rings. The molecule has 1 N–H and O–H groups in total. The topological polar surface area (TPSA) is 50.4 Å². The lowest BCUT2D eigenvalue weighted by Gasteiger charge is -2.21. The minimum Gasteiger partial charge on any atom is -0.276 e. The molecule has 5 heteroatoms. The van der Waals surface area contributed by atoms with Gasteiger partial charge in [-0.3, -0.25) is 4.40 Å². The fraction of sp³-hybridized carbons (Fsp3) is 0.0769. The predicted molar refractivity (Wildman–Crippen MR) is 188 cm³/mol. The molecule has 0 aliphatic heterocycles. The van der Waals surface area contributed by atoms with Crippen molar-refractivity contribution in [2.24, 2.45) is 0 Å². The number of aromatic nitrogens is 3. The largest absolute Gasteiger partial charge is 0.276 e. The van der Waals surface area contributed by atoms with Gasteiger partial charge in [0.25, 0.3) is 0 Å². The Morgan fingerprint density at radius 1 is 0.795 bits per heavy atom. The summed E-state index contributed by atoms with van der Waals surface area (Å²) in [6, 6.07) is 33.1. The predicted octanol–water partition coefficient (Wildman–Crippen LogP) is 8.96. The van der Waals surface area contributed by atoms with Crippen molar-refractivity contribution in [3.05, 3.63) is 157 Å². The second kappa shape index (κ2) is 11.7. The molecule has 0 spiro atoms. The van der Waals surface area contributed by atoms with Gasteiger partial charge in [0.1, 0.15) is 27.4 Å². The van der Waals surface area contributed by atoms with Gasteiger partial charge in [-0.05, 0) is 92.1 Å². The summed E-state index contributed by atoms with van der Waals surface area (Å²) in [7, 11) is -2.81. The first-order valence-corrected chi connectivity index (χ1v) is 16.7. The van der Waals surface area contributed by atoms with E-state index < -0.39 is 7.49 Å². The van der Waals surface area contributed by atoms with Crippen LogP contribution in [0.25, 0.3) is 44.3 Å². The summed E-state index contributed by atoms with van der Waals surface area (Å²) in [4.78, 5) is 22.7. The Morgan fingerprint density at radius 3 is 2.34 bits per heavy atom. The molecule has 1 atom stereocenters. The first-order valence-electron chi connectivity index (χ1n) is 14.9. The van der Waals surface area contributed by atoms with Crippen LogP contribution < -0.4 is 10.6 Å². The number of hydrogen-bond donors (Lipinski definition) is 1. The standard InChI is InChI=1S/C39H33N3OP/c1-3-14-28(4-2)38-40-35-26-23-30(27-34(35)39-41-36-19-12-13-20-37(36)42(38)39)29-21-24-33(25-22-29)44(43,32-17-10-7-11-18-32)31-15-8-5-6-9-16-31/h3-5,7-27,43H,6H2,1-2H3/q+1/b14-3-,28-4+. The Kier molecular flexibility index (Phi) is 7.39. The number of rotatable bonds is 6. The molecule has 7 rings (SSSR count). The summed E-state index contributed by atoms with van der Waals surface area (Å²) < 4.78 is 2.17. The molecular formula is C39H33N3OP+. The lowest BCUT2D eigenvalue weighted by Crippen LogP contribution is -2.22. The highest BCUT2D eigenvalue weighted by Gasteiger charge is 2.45. The molecule has 2 heterocycles. The van der Waals surface area contributed by atoms with E-state index in [1.54, 1.807) is 0 Å². The van der Waals surface area contributed by atoms with Gasteiger partial charge in [0.15, 0.2) is 0 Å². The van der Waals surface area contributed by atoms with Gasteiger partial charge in [0, 0.05) is 11.0 Å². The molecule has 0 amide bonds. The fourth-order valence-electron chi connectivity index (χ4n) is 5.99. The molecule has 0 saturated carbocycles. The van der Waals surface area contributed by atoms with Crippen molar-refractivity contribution in [1.29, 1.82) is 0 Å². The number of fused-ring (bicyclic) bond motifs is 5. The molecule has 2 aromatic heterocycles. The molecule has 1 aliphatic rings. The second-order valence-electron chi connectivity index (χ2n) is 10.8. The Labute approximate surface area is 258 Å². The minimum atomic E-state index is -2.81. The zero-order valence-electron chi connectivity index (χ0n) is 24.8. The van der Waals surface area contributed by atoms with E-state index in [4.69, 9.17) is 9.97 Å². The summed E-state index contributed by atoms with van der Waals surface area (Å²) in [5, 5.41) is 3.82. The maximum atomic E-state index is 12.5. The first-order chi connectivity index (χ1) is 21.6. The highest BCUT2D eigenvalue weighted by Crippen LogP contribution is 2.60. The lowest BCUT2D eigenvalue weighted by molar-refractivity contribution is 0.630. The van der Waals surface area contributed by atoms with Gasteiger partial charge < -0.3 is 0 Å². The van der Waals surface area contributed by atoms with Gasteiger partial charge in [-0.2, -0.15) is 0 Å². The van der Waals surface area contributed by atoms with Crippen molar-refractivity contribution in [3.63, 3.8) is 0 Å². The van der Waals surface area contributed by atoms with E-state index >= 15 is 0 Å². The fourth-order valence-corrected chi connectivity index (χ4v) is 8.70. The third-order valence-corrected chi connectivity index (χ3v) is 11.3. The number of para-hydroxylation sites is 2. The van der Waals surface area contributed by atoms with Crippen LogP contribution in [-0.2, 0) is 0 Å². The van der Waals surface area contributed by atoms with Crippen LogP contribution in [0.2, 0.25) is 0 Å². The van der Waals surface area contributed by atoms with Crippen molar-refractivity contribution >= 4 is 51.3 Å². The van der Waals surface area contributed by atoms with Gasteiger partial charge >= 0.3 is 0 Å². The summed E-state index contributed by atoms with van der Waals surface area (Å²) in [5.41, 5.74) is 6.95. The molecule has 44 heavy (non-hydrogen) atoms. The van der Waals surface area contributed by atoms with Gasteiger partial charge in [0.2, 0.25) is 7.49 Å². The van der Waals surface area contributed by atoms with Gasteiger partial charge in [0.05, 0.1) is 16.6 Å². The van der Waals surface area contributed by atoms with Crippen LogP contribution in [0.3, 0.4) is 0 Å². The highest BCUT2D eigenvalue weighted by atomic mass is 31.2. The van der Waals surface area contributed by atoms with E-state index in [9.17, 15) is 4.89 Å². The Balaban J connectivity index is 1.37. The van der Waals surface area contributed by atoms with Crippen LogP contribution in [0.15, 0.2) is 151 Å². The highest BCUT2D eigenvalue weighted by molar-refractivity contribution is 7.88. The smallest absolute Gasteiger partial charge is 0.238 e. The summed E-state index contributed by atoms with van der Waals surface area (Å²) in [6.07, 6.45) is 17.5. The minimum absolute atomic E-state index is 0.858. The lowest BCUT2D eigenvalue weighted by atomic mass is 10.0. The van der Waals surface area contributed by atoms with Crippen molar-refractivity contribution in [2.45, 2.75) is 20.3 Å². The molecule has 0 fully saturated rings. The maximum Gasteiger partial charge on any atom is 0.238 e. The van der Waals surface area contributed by atoms with Crippen molar-refractivity contribution in [3.8, 4) is 11.1 Å². The zero-order valence-corrected chi connectivity index (χ0v) is 25.7. The molecule has 214 valence electrons. The van der Waals surface area contributed by atoms with E-state index in [1.807, 2.05) is 68.5 Å². The van der Waals surface area contributed by atoms with Crippen LogP contribution in [0, 0.1) is 0 Å². The van der Waals surface area contributed by atoms with E-state index in [-0.39, 0.29) is 0 Å². The van der Waals surface area contributed by atoms with Gasteiger partial charge in [-0.15, -0.1) is 0 Å². The molecule has 1 aliphatic carbocycles. The van der Waals surface area contributed by atoms with Crippen molar-refractivity contribution in [2.75, 3.05) is 0 Å². The molecule has 4 nitrogen and oxygen atoms in total. The normalized spacial score (nSPS) is 15.2. The molecule has 1 unspecified atom stereocenters. The van der Waals surface area contributed by atoms with Crippen molar-refractivity contribution < 1.29 is 4.89 Å². The van der Waals surface area contributed by atoms with Crippen molar-refractivity contribution in [1.82, 2.24) is 14.4 Å². The van der Waals surface area contributed by atoms with E-state index in [1.165, 1.54) is 0 Å². The molecule has 0 saturated heterocycles. The summed E-state index contributed by atoms with van der Waals surface area (Å²) in [5.74, 6) is 0.875. The van der Waals surface area contributed by atoms with E-state index in [0.717, 1.165) is 72.5 Å². The molecule has 0 bridgehead atoms. The number of nitrogens with zero attached hydrogens (tertiary/aromatic N) is 3. The summed E-state index contributed by atoms with van der Waals surface area (Å²) in [6.45, 7) is 4.06. The molecular weight excluding hydrogens is 557 g/mol. The SMILES string of the molecule is C/C=C\C(=C/C)c1nc2ccc(-c3ccc([P+](O)(C4=CC=CCC=C4)c4ccccc4)cc3)cc2c2nc3ccccc3n12. The Morgan fingerprint density at radius 2 is 1.55 bits per heavy atom. The quantitative estimate of drug-likeness (QED) is 0.156. The number of benzene rings is 4. The Hall–Kier alpha value is -4.89. The van der Waals surface area contributed by atoms with Gasteiger partial charge in [-0.1, -0.05) is 85.0 Å². The van der Waals surface area contributed by atoms with Crippen LogP contribution in [0.5, 0.6) is 0 Å². The monoisotopic (exact) mass is 590 g/mol. The number of allylic oxidation sites excluding steroid dienone is 10. The van der Waals surface area contributed by atoms with Crippen LogP contribution >= 0.6 is 7.49 Å². The Bertz CT molecular complexity index is 2170. The van der Waals surface area contributed by atoms with E-state index in [2.05, 4.69) is 95.5 Å². The zero-order chi connectivity index (χ0) is 30.1. The third-order valence-electron chi connectivity index (χ3n) is 8.19. The summed E-state index contributed by atoms with van der Waals surface area (Å²) >= 11 is 0. The third kappa shape index (κ3) is 4.73. The van der Waals surface area contributed by atoms with Crippen LogP contribution in [-0.4, -0.2) is 19.3 Å². The van der Waals surface area contributed by atoms with Gasteiger partial charge in [-0.25, -0.2) is 14.9 Å². The van der Waals surface area contributed by atoms with E-state index in [0.29, 0.717) is 0 Å². The molecule has 0 radical (unpaired) electrons. The second-order valence-corrected chi connectivity index (χ2v) is 13.7. The first kappa shape index (κ1) is 27.9. The number of hydrogen-bond acceptors (Lipinski definition) is 3. The number of imidazole rings is 1. The average molecular weight is 591 g/mol. The molecule has 4 aromatic carbocycles. The average Bonchev–Trinajstić information content (AvgIpc) is 3.25. The maximum absolute atomic E-state index is 12.5. The van der Waals surface area contributed by atoms with Crippen LogP contribution in [0.4, 0.5) is 0 Å².